The molecule has 2 rings (SSSR count). The molecule has 0 aliphatic heterocycles. The van der Waals surface area contributed by atoms with Crippen LogP contribution in [0.15, 0.2) is 42.1 Å². The molecule has 0 amide bonds. The number of aromatic nitrogens is 3. The molecule has 0 saturated heterocycles. The Labute approximate surface area is 98.2 Å². The largest absolute Gasteiger partial charge is 0.496 e. The van der Waals surface area contributed by atoms with E-state index in [0.29, 0.717) is 18.0 Å². The summed E-state index contributed by atoms with van der Waals surface area (Å²) in [4.78, 5) is 3.83. The lowest BCUT2D eigenvalue weighted by Gasteiger charge is -2.09. The Kier molecular flexibility index (Phi) is 3.34. The normalized spacial score (nSPS) is 11.5. The number of hydrogen-bond acceptors (Lipinski definition) is 5. The van der Waals surface area contributed by atoms with Crippen molar-refractivity contribution in [3.8, 4) is 5.75 Å². The fourth-order valence-corrected chi connectivity index (χ4v) is 1.52. The molecule has 0 atom stereocenters. The van der Waals surface area contributed by atoms with Crippen molar-refractivity contribution in [2.75, 3.05) is 7.11 Å². The van der Waals surface area contributed by atoms with Crippen LogP contribution in [0, 0.1) is 0 Å². The molecule has 0 radical (unpaired) electrons. The maximum absolute atomic E-state index is 9.07. The summed E-state index contributed by atoms with van der Waals surface area (Å²) in [5, 5.41) is 16.3. The van der Waals surface area contributed by atoms with Gasteiger partial charge in [-0.15, -0.1) is 0 Å². The molecule has 2 aromatic rings. The topological polar surface area (TPSA) is 72.5 Å². The Morgan fingerprint density at radius 1 is 1.47 bits per heavy atom. The summed E-state index contributed by atoms with van der Waals surface area (Å²) in [6, 6.07) is 7.34. The second-order valence-corrected chi connectivity index (χ2v) is 3.34. The number of benzene rings is 1. The maximum Gasteiger partial charge on any atom is 0.137 e. The van der Waals surface area contributed by atoms with Crippen LogP contribution in [-0.2, 0) is 6.54 Å². The SMILES string of the molecule is COc1ccccc1C(Cn1cncn1)=NO. The Bertz CT molecular complexity index is 508. The van der Waals surface area contributed by atoms with Gasteiger partial charge < -0.3 is 9.94 Å². The zero-order valence-corrected chi connectivity index (χ0v) is 9.32. The van der Waals surface area contributed by atoms with Crippen molar-refractivity contribution in [2.24, 2.45) is 5.16 Å². The molecule has 0 bridgehead atoms. The predicted octanol–water partition coefficient (Wildman–Crippen LogP) is 1.17. The monoisotopic (exact) mass is 232 g/mol. The second-order valence-electron chi connectivity index (χ2n) is 3.34. The molecule has 0 aliphatic carbocycles. The summed E-state index contributed by atoms with van der Waals surface area (Å²) in [5.74, 6) is 0.653. The van der Waals surface area contributed by atoms with Gasteiger partial charge >= 0.3 is 0 Å². The van der Waals surface area contributed by atoms with Gasteiger partial charge in [-0.1, -0.05) is 17.3 Å². The van der Waals surface area contributed by atoms with Crippen molar-refractivity contribution in [3.05, 3.63) is 42.5 Å². The molecule has 0 spiro atoms. The van der Waals surface area contributed by atoms with E-state index in [-0.39, 0.29) is 0 Å². The molecule has 1 N–H and O–H groups in total. The van der Waals surface area contributed by atoms with Crippen molar-refractivity contribution < 1.29 is 9.94 Å². The number of para-hydroxylation sites is 1. The third kappa shape index (κ3) is 2.41. The first-order chi connectivity index (χ1) is 8.35. The van der Waals surface area contributed by atoms with Gasteiger partial charge in [-0.2, -0.15) is 5.10 Å². The highest BCUT2D eigenvalue weighted by Crippen LogP contribution is 2.18. The van der Waals surface area contributed by atoms with Gasteiger partial charge in [-0.25, -0.2) is 9.67 Å². The van der Waals surface area contributed by atoms with Crippen molar-refractivity contribution in [3.63, 3.8) is 0 Å². The molecular formula is C11H12N4O2. The molecule has 88 valence electrons. The molecule has 6 nitrogen and oxygen atoms in total. The first-order valence-electron chi connectivity index (χ1n) is 5.02. The van der Waals surface area contributed by atoms with Crippen molar-refractivity contribution in [2.45, 2.75) is 6.54 Å². The molecule has 1 heterocycles. The summed E-state index contributed by atoms with van der Waals surface area (Å²) in [6.45, 7) is 0.330. The minimum atomic E-state index is 0.330. The summed E-state index contributed by atoms with van der Waals surface area (Å²) in [5.41, 5.74) is 1.20. The summed E-state index contributed by atoms with van der Waals surface area (Å²) < 4.78 is 6.78. The van der Waals surface area contributed by atoms with E-state index >= 15 is 0 Å². The summed E-state index contributed by atoms with van der Waals surface area (Å²) >= 11 is 0. The van der Waals surface area contributed by atoms with Crippen LogP contribution >= 0.6 is 0 Å². The van der Waals surface area contributed by atoms with E-state index in [1.807, 2.05) is 24.3 Å². The van der Waals surface area contributed by atoms with Gasteiger partial charge in [0.05, 0.1) is 13.7 Å². The lowest BCUT2D eigenvalue weighted by Crippen LogP contribution is -2.13. The molecule has 0 saturated carbocycles. The van der Waals surface area contributed by atoms with Crippen LogP contribution in [-0.4, -0.2) is 32.8 Å². The quantitative estimate of drug-likeness (QED) is 0.488. The molecule has 1 aromatic heterocycles. The van der Waals surface area contributed by atoms with E-state index in [1.54, 1.807) is 18.1 Å². The van der Waals surface area contributed by atoms with E-state index < -0.39 is 0 Å². The van der Waals surface area contributed by atoms with E-state index in [2.05, 4.69) is 15.2 Å². The second kappa shape index (κ2) is 5.11. The lowest BCUT2D eigenvalue weighted by molar-refractivity contribution is 0.316. The highest BCUT2D eigenvalue weighted by Gasteiger charge is 2.11. The van der Waals surface area contributed by atoms with Crippen LogP contribution in [0.5, 0.6) is 5.75 Å². The molecule has 1 aromatic carbocycles. The van der Waals surface area contributed by atoms with Crippen molar-refractivity contribution in [1.29, 1.82) is 0 Å². The van der Waals surface area contributed by atoms with Gasteiger partial charge in [0.1, 0.15) is 24.1 Å². The number of hydrogen-bond donors (Lipinski definition) is 1. The molecule has 0 unspecified atom stereocenters. The number of ether oxygens (including phenoxy) is 1. The van der Waals surface area contributed by atoms with E-state index in [9.17, 15) is 0 Å². The molecular weight excluding hydrogens is 220 g/mol. The number of oxime groups is 1. The Morgan fingerprint density at radius 3 is 2.94 bits per heavy atom. The molecule has 6 heteroatoms. The van der Waals surface area contributed by atoms with E-state index in [0.717, 1.165) is 5.56 Å². The fourth-order valence-electron chi connectivity index (χ4n) is 1.52. The third-order valence-corrected chi connectivity index (χ3v) is 2.32. The van der Waals surface area contributed by atoms with Gasteiger partial charge in [0.25, 0.3) is 0 Å². The van der Waals surface area contributed by atoms with Gasteiger partial charge in [0.15, 0.2) is 0 Å². The van der Waals surface area contributed by atoms with Gasteiger partial charge in [-0.05, 0) is 12.1 Å². The Morgan fingerprint density at radius 2 is 2.29 bits per heavy atom. The molecule has 17 heavy (non-hydrogen) atoms. The smallest absolute Gasteiger partial charge is 0.137 e. The standard InChI is InChI=1S/C11H12N4O2/c1-17-11-5-3-2-4-9(11)10(14-16)6-15-8-12-7-13-15/h2-5,7-8,16H,6H2,1H3. The predicted molar refractivity (Wildman–Crippen MR) is 61.3 cm³/mol. The Balaban J connectivity index is 2.30. The van der Waals surface area contributed by atoms with Crippen LogP contribution < -0.4 is 4.74 Å². The minimum absolute atomic E-state index is 0.330. The van der Waals surface area contributed by atoms with Crippen LogP contribution in [0.25, 0.3) is 0 Å². The number of rotatable bonds is 4. The Hall–Kier alpha value is -2.37. The van der Waals surface area contributed by atoms with Gasteiger partial charge in [-0.3, -0.25) is 0 Å². The van der Waals surface area contributed by atoms with Crippen LogP contribution in [0.1, 0.15) is 5.56 Å². The zero-order chi connectivity index (χ0) is 12.1. The van der Waals surface area contributed by atoms with Crippen molar-refractivity contribution in [1.82, 2.24) is 14.8 Å². The lowest BCUT2D eigenvalue weighted by atomic mass is 10.1. The highest BCUT2D eigenvalue weighted by atomic mass is 16.5. The van der Waals surface area contributed by atoms with Crippen LogP contribution in [0.2, 0.25) is 0 Å². The van der Waals surface area contributed by atoms with Crippen LogP contribution in [0.3, 0.4) is 0 Å². The first-order valence-corrected chi connectivity index (χ1v) is 5.02. The van der Waals surface area contributed by atoms with Crippen LogP contribution in [0.4, 0.5) is 0 Å². The molecule has 0 fully saturated rings. The molecule has 0 aliphatic rings. The van der Waals surface area contributed by atoms with E-state index in [4.69, 9.17) is 9.94 Å². The maximum atomic E-state index is 9.07. The number of nitrogens with zero attached hydrogens (tertiary/aromatic N) is 4. The first kappa shape index (κ1) is 11.1. The summed E-state index contributed by atoms with van der Waals surface area (Å²) in [7, 11) is 1.57. The summed E-state index contributed by atoms with van der Waals surface area (Å²) in [6.07, 6.45) is 2.98. The zero-order valence-electron chi connectivity index (χ0n) is 9.32. The average molecular weight is 232 g/mol. The highest BCUT2D eigenvalue weighted by molar-refractivity contribution is 6.02. The minimum Gasteiger partial charge on any atom is -0.496 e. The van der Waals surface area contributed by atoms with Gasteiger partial charge in [0.2, 0.25) is 0 Å². The van der Waals surface area contributed by atoms with Gasteiger partial charge in [0, 0.05) is 5.56 Å². The third-order valence-electron chi connectivity index (χ3n) is 2.32. The average Bonchev–Trinajstić information content (AvgIpc) is 2.89. The van der Waals surface area contributed by atoms with Crippen molar-refractivity contribution >= 4 is 5.71 Å². The van der Waals surface area contributed by atoms with E-state index in [1.165, 1.54) is 6.33 Å². The number of methoxy groups -OCH3 is 1. The fraction of sp³-hybridized carbons (Fsp3) is 0.182.